The highest BCUT2D eigenvalue weighted by atomic mass is 32.1. The number of halogens is 3. The monoisotopic (exact) mass is 372 g/mol. The molecular weight excluding hydrogens is 357 g/mol. The van der Waals surface area contributed by atoms with Crippen LogP contribution < -0.4 is 10.9 Å². The lowest BCUT2D eigenvalue weighted by Gasteiger charge is -2.08. The molecule has 25 heavy (non-hydrogen) atoms. The molecule has 0 fully saturated rings. The minimum atomic E-state index is -4.56. The number of aromatic nitrogens is 2. The fraction of sp³-hybridized carbons (Fsp3) is 0.400. The first-order chi connectivity index (χ1) is 11.8. The fourth-order valence-electron chi connectivity index (χ4n) is 2.58. The van der Waals surface area contributed by atoms with Gasteiger partial charge >= 0.3 is 6.18 Å². The Kier molecular flexibility index (Phi) is 4.80. The first-order valence-corrected chi connectivity index (χ1v) is 8.46. The number of hydrogen-bond donors (Lipinski definition) is 2. The SMILES string of the molecule is O=C(Cn1ccc(C(F)(F)F)n1)NNC(=O)c1cc2c(s1)CCCC2. The van der Waals surface area contributed by atoms with Gasteiger partial charge in [0.1, 0.15) is 6.54 Å². The number of nitrogens with one attached hydrogen (secondary N) is 2. The second-order valence-corrected chi connectivity index (χ2v) is 6.80. The third kappa shape index (κ3) is 4.19. The van der Waals surface area contributed by atoms with Gasteiger partial charge in [0.25, 0.3) is 11.8 Å². The molecule has 2 N–H and O–H groups in total. The van der Waals surface area contributed by atoms with E-state index in [4.69, 9.17) is 0 Å². The van der Waals surface area contributed by atoms with Crippen LogP contribution >= 0.6 is 11.3 Å². The van der Waals surface area contributed by atoms with Gasteiger partial charge in [0.15, 0.2) is 5.69 Å². The number of nitrogens with zero attached hydrogens (tertiary/aromatic N) is 2. The van der Waals surface area contributed by atoms with Crippen molar-refractivity contribution in [2.75, 3.05) is 0 Å². The molecule has 1 aliphatic carbocycles. The number of carbonyl (C=O) groups is 2. The van der Waals surface area contributed by atoms with Gasteiger partial charge in [-0.05, 0) is 43.4 Å². The molecule has 2 amide bonds. The highest BCUT2D eigenvalue weighted by Gasteiger charge is 2.33. The quantitative estimate of drug-likeness (QED) is 0.812. The summed E-state index contributed by atoms with van der Waals surface area (Å²) in [6.07, 6.45) is 0.610. The van der Waals surface area contributed by atoms with Crippen LogP contribution in [0.1, 0.15) is 38.6 Å². The van der Waals surface area contributed by atoms with Crippen molar-refractivity contribution in [1.82, 2.24) is 20.6 Å². The van der Waals surface area contributed by atoms with Gasteiger partial charge in [0.05, 0.1) is 4.88 Å². The van der Waals surface area contributed by atoms with E-state index in [9.17, 15) is 22.8 Å². The van der Waals surface area contributed by atoms with E-state index in [1.54, 1.807) is 0 Å². The van der Waals surface area contributed by atoms with Gasteiger partial charge in [0, 0.05) is 11.1 Å². The molecule has 10 heteroatoms. The zero-order chi connectivity index (χ0) is 18.0. The Balaban J connectivity index is 1.52. The molecular formula is C15H15F3N4O2S. The van der Waals surface area contributed by atoms with Crippen molar-refractivity contribution in [3.05, 3.63) is 39.3 Å². The van der Waals surface area contributed by atoms with Gasteiger partial charge in [-0.15, -0.1) is 11.3 Å². The van der Waals surface area contributed by atoms with Crippen LogP contribution in [-0.4, -0.2) is 21.6 Å². The summed E-state index contributed by atoms with van der Waals surface area (Å²) in [5.74, 6) is -1.12. The second kappa shape index (κ2) is 6.87. The summed E-state index contributed by atoms with van der Waals surface area (Å²) in [4.78, 5) is 25.5. The van der Waals surface area contributed by atoms with E-state index in [1.807, 2.05) is 6.07 Å². The fourth-order valence-corrected chi connectivity index (χ4v) is 3.73. The van der Waals surface area contributed by atoms with E-state index in [1.165, 1.54) is 21.8 Å². The van der Waals surface area contributed by atoms with Crippen molar-refractivity contribution >= 4 is 23.2 Å². The third-order valence-corrected chi connectivity index (χ3v) is 5.01. The Labute approximate surface area is 145 Å². The molecule has 0 bridgehead atoms. The Hall–Kier alpha value is -2.36. The summed E-state index contributed by atoms with van der Waals surface area (Å²) in [6.45, 7) is -0.433. The Morgan fingerprint density at radius 1 is 1.24 bits per heavy atom. The van der Waals surface area contributed by atoms with Gasteiger partial charge in [-0.2, -0.15) is 18.3 Å². The maximum absolute atomic E-state index is 12.4. The lowest BCUT2D eigenvalue weighted by Crippen LogP contribution is -2.43. The highest BCUT2D eigenvalue weighted by molar-refractivity contribution is 7.14. The molecule has 2 heterocycles. The maximum atomic E-state index is 12.4. The number of hydrogen-bond acceptors (Lipinski definition) is 4. The second-order valence-electron chi connectivity index (χ2n) is 5.66. The van der Waals surface area contributed by atoms with Crippen LogP contribution in [0.5, 0.6) is 0 Å². The van der Waals surface area contributed by atoms with Gasteiger partial charge in [0.2, 0.25) is 0 Å². The third-order valence-electron chi connectivity index (χ3n) is 3.77. The van der Waals surface area contributed by atoms with Crippen LogP contribution in [0, 0.1) is 0 Å². The van der Waals surface area contributed by atoms with E-state index in [2.05, 4.69) is 16.0 Å². The summed E-state index contributed by atoms with van der Waals surface area (Å²) in [7, 11) is 0. The molecule has 0 saturated carbocycles. The van der Waals surface area contributed by atoms with Crippen molar-refractivity contribution in [3.8, 4) is 0 Å². The van der Waals surface area contributed by atoms with Gasteiger partial charge in [-0.25, -0.2) is 0 Å². The summed E-state index contributed by atoms with van der Waals surface area (Å²) in [5.41, 5.74) is 4.55. The van der Waals surface area contributed by atoms with Gasteiger partial charge < -0.3 is 0 Å². The van der Waals surface area contributed by atoms with Crippen molar-refractivity contribution in [2.45, 2.75) is 38.4 Å². The van der Waals surface area contributed by atoms with Gasteiger partial charge in [-0.3, -0.25) is 25.1 Å². The van der Waals surface area contributed by atoms with Crippen LogP contribution in [0.2, 0.25) is 0 Å². The molecule has 2 aromatic heterocycles. The molecule has 6 nitrogen and oxygen atoms in total. The Bertz CT molecular complexity index is 774. The summed E-state index contributed by atoms with van der Waals surface area (Å²) >= 11 is 1.40. The smallest absolute Gasteiger partial charge is 0.271 e. The zero-order valence-corrected chi connectivity index (χ0v) is 13.8. The number of alkyl halides is 3. The van der Waals surface area contributed by atoms with Crippen LogP contribution in [0.3, 0.4) is 0 Å². The predicted octanol–water partition coefficient (Wildman–Crippen LogP) is 2.30. The lowest BCUT2D eigenvalue weighted by atomic mass is 9.99. The number of hydrazine groups is 1. The normalized spacial score (nSPS) is 14.0. The Morgan fingerprint density at radius 3 is 2.68 bits per heavy atom. The highest BCUT2D eigenvalue weighted by Crippen LogP contribution is 2.29. The number of fused-ring (bicyclic) bond motifs is 1. The van der Waals surface area contributed by atoms with E-state index in [-0.39, 0.29) is 0 Å². The van der Waals surface area contributed by atoms with Crippen LogP contribution in [-0.2, 0) is 30.4 Å². The zero-order valence-electron chi connectivity index (χ0n) is 13.0. The summed E-state index contributed by atoms with van der Waals surface area (Å²) in [5, 5.41) is 3.27. The number of carbonyl (C=O) groups excluding carboxylic acids is 2. The molecule has 1 aliphatic rings. The molecule has 0 atom stereocenters. The number of rotatable bonds is 3. The van der Waals surface area contributed by atoms with Crippen LogP contribution in [0.15, 0.2) is 18.3 Å². The molecule has 134 valence electrons. The van der Waals surface area contributed by atoms with E-state index in [0.29, 0.717) is 4.88 Å². The first-order valence-electron chi connectivity index (χ1n) is 7.64. The summed E-state index contributed by atoms with van der Waals surface area (Å²) in [6, 6.07) is 2.60. The average Bonchev–Trinajstić information content (AvgIpc) is 3.18. The van der Waals surface area contributed by atoms with E-state index < -0.39 is 30.2 Å². The largest absolute Gasteiger partial charge is 0.435 e. The van der Waals surface area contributed by atoms with Crippen molar-refractivity contribution in [2.24, 2.45) is 0 Å². The van der Waals surface area contributed by atoms with Crippen molar-refractivity contribution in [3.63, 3.8) is 0 Å². The molecule has 0 aromatic carbocycles. The lowest BCUT2D eigenvalue weighted by molar-refractivity contribution is -0.141. The van der Waals surface area contributed by atoms with Crippen LogP contribution in [0.4, 0.5) is 13.2 Å². The minimum absolute atomic E-state index is 0.433. The minimum Gasteiger partial charge on any atom is -0.271 e. The molecule has 0 aliphatic heterocycles. The average molecular weight is 372 g/mol. The molecule has 3 rings (SSSR count). The summed E-state index contributed by atoms with van der Waals surface area (Å²) < 4.78 is 38.2. The number of thiophene rings is 1. The standard InChI is InChI=1S/C15H15F3N4O2S/c16-15(17,18)12-5-6-22(21-12)8-13(23)19-20-14(24)11-7-9-3-1-2-4-10(9)25-11/h5-7H,1-4,8H2,(H,19,23)(H,20,24). The van der Waals surface area contributed by atoms with E-state index in [0.717, 1.165) is 42.6 Å². The Morgan fingerprint density at radius 2 is 2.00 bits per heavy atom. The van der Waals surface area contributed by atoms with Gasteiger partial charge in [-0.1, -0.05) is 0 Å². The molecule has 0 spiro atoms. The van der Waals surface area contributed by atoms with Crippen LogP contribution in [0.25, 0.3) is 0 Å². The predicted molar refractivity (Wildman–Crippen MR) is 83.8 cm³/mol. The molecule has 0 unspecified atom stereocenters. The number of amides is 2. The topological polar surface area (TPSA) is 76.0 Å². The first kappa shape index (κ1) is 17.5. The molecule has 2 aromatic rings. The number of aryl methyl sites for hydroxylation is 2. The van der Waals surface area contributed by atoms with E-state index >= 15 is 0 Å². The van der Waals surface area contributed by atoms with Crippen molar-refractivity contribution in [1.29, 1.82) is 0 Å². The maximum Gasteiger partial charge on any atom is 0.435 e. The molecule has 0 saturated heterocycles. The van der Waals surface area contributed by atoms with Crippen molar-refractivity contribution < 1.29 is 22.8 Å². The molecule has 0 radical (unpaired) electrons.